The number of carbonyl (C=O) groups is 1. The Morgan fingerprint density at radius 2 is 2.22 bits per heavy atom. The Labute approximate surface area is 107 Å². The normalized spacial score (nSPS) is 12.7. The number of rotatable bonds is 5. The topological polar surface area (TPSA) is 40.5 Å². The third kappa shape index (κ3) is 3.32. The van der Waals surface area contributed by atoms with Crippen LogP contribution in [0.2, 0.25) is 0 Å². The number of benzene rings is 1. The van der Waals surface area contributed by atoms with Crippen molar-refractivity contribution in [3.05, 3.63) is 35.7 Å². The monoisotopic (exact) mass is 251 g/mol. The van der Waals surface area contributed by atoms with E-state index in [1.807, 2.05) is 25.8 Å². The zero-order valence-electron chi connectivity index (χ0n) is 10.9. The van der Waals surface area contributed by atoms with E-state index in [9.17, 15) is 9.18 Å². The molecule has 0 saturated carbocycles. The van der Waals surface area contributed by atoms with Crippen LogP contribution < -0.4 is 4.90 Å². The number of nitrogens with zero attached hydrogens (tertiary/aromatic N) is 1. The van der Waals surface area contributed by atoms with Crippen molar-refractivity contribution in [3.8, 4) is 0 Å². The Bertz CT molecular complexity index is 457. The molecular formula is C14H18FNO2. The maximum Gasteiger partial charge on any atom is 0.328 e. The number of hydrogen-bond acceptors (Lipinski definition) is 2. The molecule has 18 heavy (non-hydrogen) atoms. The largest absolute Gasteiger partial charge is 0.478 e. The van der Waals surface area contributed by atoms with Gasteiger partial charge in [-0.25, -0.2) is 9.18 Å². The van der Waals surface area contributed by atoms with Gasteiger partial charge in [0.15, 0.2) is 0 Å². The molecule has 0 spiro atoms. The smallest absolute Gasteiger partial charge is 0.328 e. The summed E-state index contributed by atoms with van der Waals surface area (Å²) in [6.07, 6.45) is 3.31. The van der Waals surface area contributed by atoms with E-state index in [1.165, 1.54) is 12.1 Å². The average molecular weight is 251 g/mol. The molecule has 1 aromatic carbocycles. The van der Waals surface area contributed by atoms with Crippen molar-refractivity contribution >= 4 is 17.7 Å². The molecule has 1 rings (SSSR count). The quantitative estimate of drug-likeness (QED) is 0.817. The zero-order chi connectivity index (χ0) is 13.7. The summed E-state index contributed by atoms with van der Waals surface area (Å²) in [5.41, 5.74) is 1.00. The van der Waals surface area contributed by atoms with Crippen molar-refractivity contribution < 1.29 is 14.3 Å². The molecule has 0 aliphatic rings. The van der Waals surface area contributed by atoms with Crippen LogP contribution in [0.3, 0.4) is 0 Å². The number of aliphatic carboxylic acids is 1. The second-order valence-electron chi connectivity index (χ2n) is 4.22. The van der Waals surface area contributed by atoms with Gasteiger partial charge >= 0.3 is 5.97 Å². The first kappa shape index (κ1) is 14.2. The van der Waals surface area contributed by atoms with Crippen molar-refractivity contribution in [2.45, 2.75) is 26.3 Å². The predicted octanol–water partition coefficient (Wildman–Crippen LogP) is 3.16. The zero-order valence-corrected chi connectivity index (χ0v) is 10.9. The molecule has 0 heterocycles. The lowest BCUT2D eigenvalue weighted by Crippen LogP contribution is -2.29. The number of para-hydroxylation sites is 1. The van der Waals surface area contributed by atoms with Gasteiger partial charge in [0, 0.05) is 24.7 Å². The van der Waals surface area contributed by atoms with E-state index in [1.54, 1.807) is 12.1 Å². The molecule has 0 radical (unpaired) electrons. The summed E-state index contributed by atoms with van der Waals surface area (Å²) in [7, 11) is 1.81. The Morgan fingerprint density at radius 3 is 2.78 bits per heavy atom. The fraction of sp³-hybridized carbons (Fsp3) is 0.357. The van der Waals surface area contributed by atoms with Crippen molar-refractivity contribution in [2.24, 2.45) is 0 Å². The van der Waals surface area contributed by atoms with Gasteiger partial charge in [0.1, 0.15) is 5.82 Å². The highest BCUT2D eigenvalue weighted by Crippen LogP contribution is 2.26. The first-order valence-electron chi connectivity index (χ1n) is 5.89. The Morgan fingerprint density at radius 1 is 1.56 bits per heavy atom. The van der Waals surface area contributed by atoms with E-state index < -0.39 is 5.97 Å². The molecule has 0 fully saturated rings. The molecule has 1 aromatic rings. The molecule has 4 heteroatoms. The summed E-state index contributed by atoms with van der Waals surface area (Å²) in [6, 6.07) is 4.84. The van der Waals surface area contributed by atoms with E-state index in [-0.39, 0.29) is 11.9 Å². The fourth-order valence-corrected chi connectivity index (χ4v) is 1.69. The molecule has 0 aliphatic heterocycles. The van der Waals surface area contributed by atoms with Gasteiger partial charge in [0.05, 0.1) is 5.69 Å². The number of hydrogen-bond donors (Lipinski definition) is 1. The highest BCUT2D eigenvalue weighted by atomic mass is 19.1. The maximum atomic E-state index is 13.9. The molecule has 1 unspecified atom stereocenters. The third-order valence-electron chi connectivity index (χ3n) is 3.03. The Hall–Kier alpha value is -1.84. The summed E-state index contributed by atoms with van der Waals surface area (Å²) in [4.78, 5) is 12.4. The van der Waals surface area contributed by atoms with Gasteiger partial charge in [-0.1, -0.05) is 19.1 Å². The highest BCUT2D eigenvalue weighted by molar-refractivity contribution is 5.87. The van der Waals surface area contributed by atoms with Gasteiger partial charge in [-0.15, -0.1) is 0 Å². The first-order valence-corrected chi connectivity index (χ1v) is 5.89. The number of halogens is 1. The van der Waals surface area contributed by atoms with Crippen LogP contribution in [0.5, 0.6) is 0 Å². The van der Waals surface area contributed by atoms with Crippen molar-refractivity contribution in [1.29, 1.82) is 0 Å². The van der Waals surface area contributed by atoms with Gasteiger partial charge in [0.25, 0.3) is 0 Å². The minimum Gasteiger partial charge on any atom is -0.478 e. The van der Waals surface area contributed by atoms with Gasteiger partial charge in [0.2, 0.25) is 0 Å². The average Bonchev–Trinajstić information content (AvgIpc) is 2.34. The summed E-state index contributed by atoms with van der Waals surface area (Å²) in [5, 5.41) is 8.63. The van der Waals surface area contributed by atoms with Crippen LogP contribution in [-0.4, -0.2) is 24.2 Å². The van der Waals surface area contributed by atoms with E-state index >= 15 is 0 Å². The number of anilines is 1. The van der Waals surface area contributed by atoms with Gasteiger partial charge in [-0.05, 0) is 25.5 Å². The third-order valence-corrected chi connectivity index (χ3v) is 3.03. The molecule has 1 N–H and O–H groups in total. The number of carboxylic acids is 1. The standard InChI is InChI=1S/C14H18FNO2/c1-4-10(2)16(3)14-11(8-9-13(17)18)6-5-7-12(14)15/h5-10H,4H2,1-3H3,(H,17,18)/b9-8+. The fourth-order valence-electron chi connectivity index (χ4n) is 1.69. The lowest BCUT2D eigenvalue weighted by molar-refractivity contribution is -0.131. The first-order chi connectivity index (χ1) is 8.47. The molecule has 98 valence electrons. The summed E-state index contributed by atoms with van der Waals surface area (Å²) < 4.78 is 13.9. The lowest BCUT2D eigenvalue weighted by Gasteiger charge is -2.28. The van der Waals surface area contributed by atoms with Gasteiger partial charge in [-0.2, -0.15) is 0 Å². The van der Waals surface area contributed by atoms with E-state index in [0.717, 1.165) is 12.5 Å². The van der Waals surface area contributed by atoms with Gasteiger partial charge < -0.3 is 10.0 Å². The molecule has 0 saturated heterocycles. The molecule has 0 aliphatic carbocycles. The molecular weight excluding hydrogens is 233 g/mol. The van der Waals surface area contributed by atoms with E-state index in [4.69, 9.17) is 5.11 Å². The summed E-state index contributed by atoms with van der Waals surface area (Å²) in [6.45, 7) is 4.02. The minimum absolute atomic E-state index is 0.180. The SMILES string of the molecule is CCC(C)N(C)c1c(F)cccc1/C=C/C(=O)O. The molecule has 3 nitrogen and oxygen atoms in total. The number of carboxylic acid groups (broad SMARTS) is 1. The van der Waals surface area contributed by atoms with Crippen LogP contribution in [0.25, 0.3) is 6.08 Å². The van der Waals surface area contributed by atoms with Crippen LogP contribution in [0.15, 0.2) is 24.3 Å². The Kier molecular flexibility index (Phi) is 4.89. The summed E-state index contributed by atoms with van der Waals surface area (Å²) in [5.74, 6) is -1.39. The lowest BCUT2D eigenvalue weighted by atomic mass is 10.1. The maximum absolute atomic E-state index is 13.9. The van der Waals surface area contributed by atoms with E-state index in [0.29, 0.717) is 11.3 Å². The van der Waals surface area contributed by atoms with E-state index in [2.05, 4.69) is 0 Å². The highest BCUT2D eigenvalue weighted by Gasteiger charge is 2.15. The van der Waals surface area contributed by atoms with Crippen LogP contribution in [-0.2, 0) is 4.79 Å². The second kappa shape index (κ2) is 6.19. The van der Waals surface area contributed by atoms with Crippen molar-refractivity contribution in [3.63, 3.8) is 0 Å². The molecule has 0 amide bonds. The minimum atomic E-state index is -1.04. The molecule has 0 bridgehead atoms. The molecule has 0 aromatic heterocycles. The van der Waals surface area contributed by atoms with Crippen molar-refractivity contribution in [1.82, 2.24) is 0 Å². The van der Waals surface area contributed by atoms with Gasteiger partial charge in [-0.3, -0.25) is 0 Å². The molecule has 1 atom stereocenters. The second-order valence-corrected chi connectivity index (χ2v) is 4.22. The Balaban J connectivity index is 3.19. The van der Waals surface area contributed by atoms with Crippen molar-refractivity contribution in [2.75, 3.05) is 11.9 Å². The predicted molar refractivity (Wildman–Crippen MR) is 71.2 cm³/mol. The van der Waals surface area contributed by atoms with Crippen LogP contribution in [0.4, 0.5) is 10.1 Å². The summed E-state index contributed by atoms with van der Waals surface area (Å²) >= 11 is 0. The van der Waals surface area contributed by atoms with Crippen LogP contribution >= 0.6 is 0 Å². The van der Waals surface area contributed by atoms with Crippen LogP contribution in [0.1, 0.15) is 25.8 Å². The van der Waals surface area contributed by atoms with Crippen LogP contribution in [0, 0.1) is 5.82 Å².